The highest BCUT2D eigenvalue weighted by Gasteiger charge is 2.19. The van der Waals surface area contributed by atoms with Crippen LogP contribution in [0.4, 0.5) is 0 Å². The zero-order valence-electron chi connectivity index (χ0n) is 8.99. The molecule has 0 saturated heterocycles. The van der Waals surface area contributed by atoms with Crippen molar-refractivity contribution in [3.8, 4) is 0 Å². The van der Waals surface area contributed by atoms with Gasteiger partial charge < -0.3 is 10.1 Å². The minimum absolute atomic E-state index is 0.341. The Morgan fingerprint density at radius 2 is 2.60 bits per heavy atom. The Morgan fingerprint density at radius 1 is 1.80 bits per heavy atom. The Hall–Kier alpha value is -1.36. The van der Waals surface area contributed by atoms with Gasteiger partial charge in [-0.1, -0.05) is 0 Å². The average molecular weight is 209 g/mol. The Morgan fingerprint density at radius 3 is 3.33 bits per heavy atom. The third-order valence-corrected chi connectivity index (χ3v) is 2.43. The highest BCUT2D eigenvalue weighted by Crippen LogP contribution is 2.11. The molecular formula is C10H15N3O2. The van der Waals surface area contributed by atoms with E-state index >= 15 is 0 Å². The molecule has 0 saturated carbocycles. The molecule has 0 fully saturated rings. The molecule has 1 aliphatic heterocycles. The van der Waals surface area contributed by atoms with Gasteiger partial charge in [-0.3, -0.25) is 4.68 Å². The van der Waals surface area contributed by atoms with Crippen molar-refractivity contribution in [1.82, 2.24) is 15.1 Å². The minimum atomic E-state index is -0.341. The van der Waals surface area contributed by atoms with E-state index in [1.54, 1.807) is 13.0 Å². The summed E-state index contributed by atoms with van der Waals surface area (Å²) >= 11 is 0. The van der Waals surface area contributed by atoms with Crippen LogP contribution in [0, 0.1) is 0 Å². The zero-order valence-corrected chi connectivity index (χ0v) is 8.99. The summed E-state index contributed by atoms with van der Waals surface area (Å²) in [7, 11) is 0. The van der Waals surface area contributed by atoms with Crippen LogP contribution in [-0.2, 0) is 17.8 Å². The number of carbonyl (C=O) groups excluding carboxylic acids is 1. The van der Waals surface area contributed by atoms with Crippen LogP contribution in [0.3, 0.4) is 0 Å². The van der Waals surface area contributed by atoms with Crippen LogP contribution in [0.15, 0.2) is 6.07 Å². The molecule has 1 aromatic rings. The second kappa shape index (κ2) is 4.02. The molecule has 0 unspecified atom stereocenters. The molecule has 82 valence electrons. The van der Waals surface area contributed by atoms with Crippen molar-refractivity contribution in [3.63, 3.8) is 0 Å². The van der Waals surface area contributed by atoms with Gasteiger partial charge in [0.1, 0.15) is 0 Å². The molecule has 0 spiro atoms. The fourth-order valence-corrected chi connectivity index (χ4v) is 1.66. The van der Waals surface area contributed by atoms with Crippen molar-refractivity contribution in [2.24, 2.45) is 0 Å². The fraction of sp³-hybridized carbons (Fsp3) is 0.600. The predicted molar refractivity (Wildman–Crippen MR) is 54.5 cm³/mol. The normalized spacial score (nSPS) is 19.7. The van der Waals surface area contributed by atoms with E-state index in [0.717, 1.165) is 18.8 Å². The van der Waals surface area contributed by atoms with Crippen molar-refractivity contribution >= 4 is 5.97 Å². The number of nitrogens with zero attached hydrogens (tertiary/aromatic N) is 2. The molecule has 5 heteroatoms. The fourth-order valence-electron chi connectivity index (χ4n) is 1.66. The van der Waals surface area contributed by atoms with Crippen LogP contribution in [-0.4, -0.2) is 28.4 Å². The zero-order chi connectivity index (χ0) is 10.8. The first kappa shape index (κ1) is 10.2. The first-order chi connectivity index (χ1) is 7.20. The molecule has 15 heavy (non-hydrogen) atoms. The van der Waals surface area contributed by atoms with E-state index in [1.165, 1.54) is 0 Å². The van der Waals surface area contributed by atoms with Gasteiger partial charge >= 0.3 is 5.97 Å². The summed E-state index contributed by atoms with van der Waals surface area (Å²) in [5, 5.41) is 7.53. The number of aromatic nitrogens is 2. The lowest BCUT2D eigenvalue weighted by molar-refractivity contribution is 0.0518. The number of esters is 1. The van der Waals surface area contributed by atoms with Gasteiger partial charge in [-0.25, -0.2) is 4.79 Å². The van der Waals surface area contributed by atoms with Gasteiger partial charge in [0.15, 0.2) is 5.69 Å². The van der Waals surface area contributed by atoms with E-state index in [0.29, 0.717) is 18.3 Å². The minimum Gasteiger partial charge on any atom is -0.461 e. The van der Waals surface area contributed by atoms with Gasteiger partial charge in [0.05, 0.1) is 18.8 Å². The standard InChI is InChI=1S/C10H15N3O2/c1-3-15-10(14)9-4-8-5-11-7(2)6-13(8)12-9/h4,7,11H,3,5-6H2,1-2H3/t7-/m0/s1. The molecular weight excluding hydrogens is 194 g/mol. The van der Waals surface area contributed by atoms with Gasteiger partial charge in [0.25, 0.3) is 0 Å². The average Bonchev–Trinajstić information content (AvgIpc) is 2.60. The lowest BCUT2D eigenvalue weighted by atomic mass is 10.2. The molecule has 1 aromatic heterocycles. The van der Waals surface area contributed by atoms with Gasteiger partial charge in [-0.15, -0.1) is 0 Å². The van der Waals surface area contributed by atoms with E-state index in [1.807, 2.05) is 4.68 Å². The summed E-state index contributed by atoms with van der Waals surface area (Å²) in [4.78, 5) is 11.4. The summed E-state index contributed by atoms with van der Waals surface area (Å²) in [5.41, 5.74) is 1.44. The quantitative estimate of drug-likeness (QED) is 0.723. The summed E-state index contributed by atoms with van der Waals surface area (Å²) in [5.74, 6) is -0.341. The van der Waals surface area contributed by atoms with E-state index in [-0.39, 0.29) is 5.97 Å². The monoisotopic (exact) mass is 209 g/mol. The molecule has 0 amide bonds. The molecule has 5 nitrogen and oxygen atoms in total. The van der Waals surface area contributed by atoms with Crippen LogP contribution in [0.2, 0.25) is 0 Å². The highest BCUT2D eigenvalue weighted by molar-refractivity contribution is 5.87. The third kappa shape index (κ3) is 2.02. The summed E-state index contributed by atoms with van der Waals surface area (Å²) in [6.45, 7) is 5.82. The Kier molecular flexibility index (Phi) is 2.73. The van der Waals surface area contributed by atoms with E-state index in [2.05, 4.69) is 17.3 Å². The number of ether oxygens (including phenoxy) is 1. The van der Waals surface area contributed by atoms with E-state index in [4.69, 9.17) is 4.74 Å². The van der Waals surface area contributed by atoms with Crippen molar-refractivity contribution in [3.05, 3.63) is 17.5 Å². The molecule has 2 rings (SSSR count). The molecule has 0 radical (unpaired) electrons. The number of hydrogen-bond acceptors (Lipinski definition) is 4. The van der Waals surface area contributed by atoms with Gasteiger partial charge in [-0.2, -0.15) is 5.10 Å². The number of fused-ring (bicyclic) bond motifs is 1. The smallest absolute Gasteiger partial charge is 0.358 e. The van der Waals surface area contributed by atoms with Crippen molar-refractivity contribution < 1.29 is 9.53 Å². The molecule has 1 N–H and O–H groups in total. The molecule has 0 bridgehead atoms. The lowest BCUT2D eigenvalue weighted by Crippen LogP contribution is -2.36. The second-order valence-electron chi connectivity index (χ2n) is 3.71. The van der Waals surface area contributed by atoms with Crippen molar-refractivity contribution in [2.45, 2.75) is 33.0 Å². The Labute approximate surface area is 88.4 Å². The topological polar surface area (TPSA) is 56.2 Å². The van der Waals surface area contributed by atoms with Crippen LogP contribution in [0.25, 0.3) is 0 Å². The molecule has 2 heterocycles. The summed E-state index contributed by atoms with van der Waals surface area (Å²) < 4.78 is 6.77. The van der Waals surface area contributed by atoms with Crippen LogP contribution >= 0.6 is 0 Å². The highest BCUT2D eigenvalue weighted by atomic mass is 16.5. The molecule has 1 atom stereocenters. The molecule has 0 aromatic carbocycles. The van der Waals surface area contributed by atoms with E-state index < -0.39 is 0 Å². The maximum atomic E-state index is 11.4. The maximum absolute atomic E-state index is 11.4. The summed E-state index contributed by atoms with van der Waals surface area (Å²) in [6.07, 6.45) is 0. The Bertz CT molecular complexity index is 373. The van der Waals surface area contributed by atoms with Crippen molar-refractivity contribution in [2.75, 3.05) is 6.61 Å². The molecule has 1 aliphatic rings. The number of carbonyl (C=O) groups is 1. The predicted octanol–water partition coefficient (Wildman–Crippen LogP) is 0.551. The van der Waals surface area contributed by atoms with Crippen molar-refractivity contribution in [1.29, 1.82) is 0 Å². The second-order valence-corrected chi connectivity index (χ2v) is 3.71. The Balaban J connectivity index is 2.19. The lowest BCUT2D eigenvalue weighted by Gasteiger charge is -2.21. The van der Waals surface area contributed by atoms with E-state index in [9.17, 15) is 4.79 Å². The van der Waals surface area contributed by atoms with Gasteiger partial charge in [0, 0.05) is 12.6 Å². The maximum Gasteiger partial charge on any atom is 0.358 e. The van der Waals surface area contributed by atoms with Gasteiger partial charge in [0.2, 0.25) is 0 Å². The summed E-state index contributed by atoms with van der Waals surface area (Å²) in [6, 6.07) is 2.18. The van der Waals surface area contributed by atoms with Gasteiger partial charge in [-0.05, 0) is 19.9 Å². The van der Waals surface area contributed by atoms with Crippen LogP contribution < -0.4 is 5.32 Å². The number of nitrogens with one attached hydrogen (secondary N) is 1. The van der Waals surface area contributed by atoms with Crippen LogP contribution in [0.1, 0.15) is 30.0 Å². The first-order valence-electron chi connectivity index (χ1n) is 5.18. The number of rotatable bonds is 2. The third-order valence-electron chi connectivity index (χ3n) is 2.43. The largest absolute Gasteiger partial charge is 0.461 e. The van der Waals surface area contributed by atoms with Crippen LogP contribution in [0.5, 0.6) is 0 Å². The molecule has 0 aliphatic carbocycles. The number of hydrogen-bond donors (Lipinski definition) is 1. The SMILES string of the molecule is CCOC(=O)c1cc2n(n1)C[C@H](C)NC2. The first-order valence-corrected chi connectivity index (χ1v) is 5.18.